The molecule has 3 amide bonds. The molecule has 0 saturated carbocycles. The van der Waals surface area contributed by atoms with Crippen LogP contribution in [-0.4, -0.2) is 53.0 Å². The Hall–Kier alpha value is -1.63. The molecular weight excluding hydrogens is 276 g/mol. The number of rotatable bonds is 4. The molecule has 1 aliphatic rings. The third-order valence-electron chi connectivity index (χ3n) is 3.31. The molecule has 1 aromatic heterocycles. The predicted octanol–water partition coefficient (Wildman–Crippen LogP) is 1.39. The predicted molar refractivity (Wildman–Crippen MR) is 77.6 cm³/mol. The Bertz CT molecular complexity index is 502. The summed E-state index contributed by atoms with van der Waals surface area (Å²) in [5, 5.41) is 5.90. The van der Waals surface area contributed by atoms with Crippen molar-refractivity contribution in [3.8, 4) is 0 Å². The third-order valence-corrected chi connectivity index (χ3v) is 4.50. The van der Waals surface area contributed by atoms with Crippen molar-refractivity contribution in [1.29, 1.82) is 0 Å². The Morgan fingerprint density at radius 2 is 2.35 bits per heavy atom. The van der Waals surface area contributed by atoms with Gasteiger partial charge in [-0.2, -0.15) is 0 Å². The number of thiazole rings is 1. The van der Waals surface area contributed by atoms with Crippen LogP contribution in [-0.2, 0) is 4.79 Å². The summed E-state index contributed by atoms with van der Waals surface area (Å²) in [5.74, 6) is 0.185. The summed E-state index contributed by atoms with van der Waals surface area (Å²) in [6, 6.07) is -0.186. The average Bonchev–Trinajstić information content (AvgIpc) is 3.01. The maximum atomic E-state index is 12.0. The van der Waals surface area contributed by atoms with Gasteiger partial charge in [-0.15, -0.1) is 11.3 Å². The van der Waals surface area contributed by atoms with Crippen LogP contribution in [0.3, 0.4) is 0 Å². The van der Waals surface area contributed by atoms with Gasteiger partial charge >= 0.3 is 6.03 Å². The number of likely N-dealkylation sites (N-methyl/N-ethyl adjacent to an activating group) is 1. The van der Waals surface area contributed by atoms with Crippen LogP contribution >= 0.6 is 11.3 Å². The second-order valence-corrected chi connectivity index (χ2v) is 5.89. The lowest BCUT2D eigenvalue weighted by molar-refractivity contribution is -0.126. The van der Waals surface area contributed by atoms with E-state index in [1.54, 1.807) is 16.2 Å². The topological polar surface area (TPSA) is 65.5 Å². The Labute approximate surface area is 122 Å². The fourth-order valence-corrected chi connectivity index (χ4v) is 2.90. The van der Waals surface area contributed by atoms with E-state index in [-0.39, 0.29) is 24.4 Å². The van der Waals surface area contributed by atoms with Crippen molar-refractivity contribution in [2.75, 3.05) is 26.3 Å². The summed E-state index contributed by atoms with van der Waals surface area (Å²) in [4.78, 5) is 31.2. The molecule has 0 bridgehead atoms. The zero-order valence-electron chi connectivity index (χ0n) is 12.0. The van der Waals surface area contributed by atoms with E-state index >= 15 is 0 Å². The molecule has 0 radical (unpaired) electrons. The van der Waals surface area contributed by atoms with E-state index in [4.69, 9.17) is 0 Å². The largest absolute Gasteiger partial charge is 0.337 e. The molecule has 20 heavy (non-hydrogen) atoms. The number of aromatic nitrogens is 1. The van der Waals surface area contributed by atoms with Crippen molar-refractivity contribution in [2.45, 2.75) is 26.7 Å². The van der Waals surface area contributed by atoms with Crippen molar-refractivity contribution in [1.82, 2.24) is 20.1 Å². The molecule has 2 rings (SSSR count). The second-order valence-electron chi connectivity index (χ2n) is 5.00. The van der Waals surface area contributed by atoms with Gasteiger partial charge in [-0.05, 0) is 13.8 Å². The van der Waals surface area contributed by atoms with Crippen LogP contribution in [0.25, 0.3) is 0 Å². The highest BCUT2D eigenvalue weighted by Gasteiger charge is 2.29. The summed E-state index contributed by atoms with van der Waals surface area (Å²) in [5.41, 5.74) is 1.01. The smallest absolute Gasteiger partial charge is 0.319 e. The van der Waals surface area contributed by atoms with Gasteiger partial charge in [-0.3, -0.25) is 9.69 Å². The summed E-state index contributed by atoms with van der Waals surface area (Å²) >= 11 is 1.61. The first-order valence-corrected chi connectivity index (χ1v) is 7.61. The standard InChI is InChI=1S/C13H20N4O2S/c1-4-16-8-17(6-11(16)18)13(19)14-5-9(2)12-15-10(3)7-20-12/h7,9H,4-6,8H2,1-3H3,(H,14,19). The van der Waals surface area contributed by atoms with Crippen LogP contribution in [0.2, 0.25) is 0 Å². The number of carbonyl (C=O) groups excluding carboxylic acids is 2. The van der Waals surface area contributed by atoms with Crippen LogP contribution in [0, 0.1) is 6.92 Å². The van der Waals surface area contributed by atoms with E-state index in [0.29, 0.717) is 19.8 Å². The summed E-state index contributed by atoms with van der Waals surface area (Å²) in [6.45, 7) is 7.62. The van der Waals surface area contributed by atoms with Gasteiger partial charge in [0.1, 0.15) is 6.54 Å². The van der Waals surface area contributed by atoms with Crippen LogP contribution < -0.4 is 5.32 Å². The van der Waals surface area contributed by atoms with E-state index in [1.165, 1.54) is 4.90 Å². The number of amides is 3. The van der Waals surface area contributed by atoms with Gasteiger partial charge in [0, 0.05) is 30.1 Å². The van der Waals surface area contributed by atoms with Gasteiger partial charge in [-0.25, -0.2) is 9.78 Å². The molecule has 0 aliphatic carbocycles. The van der Waals surface area contributed by atoms with Crippen molar-refractivity contribution < 1.29 is 9.59 Å². The van der Waals surface area contributed by atoms with Crippen LogP contribution in [0.15, 0.2) is 5.38 Å². The van der Waals surface area contributed by atoms with Crippen molar-refractivity contribution in [2.24, 2.45) is 0 Å². The summed E-state index contributed by atoms with van der Waals surface area (Å²) in [7, 11) is 0. The fourth-order valence-electron chi connectivity index (χ4n) is 2.05. The lowest BCUT2D eigenvalue weighted by Crippen LogP contribution is -2.40. The van der Waals surface area contributed by atoms with Crippen LogP contribution in [0.1, 0.15) is 30.5 Å². The maximum Gasteiger partial charge on any atom is 0.319 e. The molecule has 7 heteroatoms. The number of aryl methyl sites for hydroxylation is 1. The zero-order chi connectivity index (χ0) is 14.7. The Balaban J connectivity index is 1.82. The normalized spacial score (nSPS) is 16.6. The quantitative estimate of drug-likeness (QED) is 0.913. The third kappa shape index (κ3) is 3.27. The van der Waals surface area contributed by atoms with E-state index in [2.05, 4.69) is 10.3 Å². The molecule has 2 heterocycles. The maximum absolute atomic E-state index is 12.0. The van der Waals surface area contributed by atoms with E-state index in [1.807, 2.05) is 26.2 Å². The van der Waals surface area contributed by atoms with Crippen molar-refractivity contribution in [3.05, 3.63) is 16.1 Å². The molecular formula is C13H20N4O2S. The molecule has 0 aromatic carbocycles. The highest BCUT2D eigenvalue weighted by molar-refractivity contribution is 7.09. The van der Waals surface area contributed by atoms with Gasteiger partial charge in [0.2, 0.25) is 5.91 Å². The summed E-state index contributed by atoms with van der Waals surface area (Å²) in [6.07, 6.45) is 0. The van der Waals surface area contributed by atoms with Crippen LogP contribution in [0.5, 0.6) is 0 Å². The second kappa shape index (κ2) is 6.21. The number of hydrogen-bond acceptors (Lipinski definition) is 4. The first-order valence-electron chi connectivity index (χ1n) is 6.73. The van der Waals surface area contributed by atoms with Gasteiger partial charge in [0.15, 0.2) is 0 Å². The molecule has 1 unspecified atom stereocenters. The molecule has 1 saturated heterocycles. The van der Waals surface area contributed by atoms with E-state index in [0.717, 1.165) is 10.7 Å². The van der Waals surface area contributed by atoms with Crippen LogP contribution in [0.4, 0.5) is 4.79 Å². The Kier molecular flexibility index (Phi) is 4.59. The van der Waals surface area contributed by atoms with E-state index < -0.39 is 0 Å². The number of carbonyl (C=O) groups is 2. The van der Waals surface area contributed by atoms with Crippen molar-refractivity contribution in [3.63, 3.8) is 0 Å². The molecule has 6 nitrogen and oxygen atoms in total. The average molecular weight is 296 g/mol. The lowest BCUT2D eigenvalue weighted by atomic mass is 10.2. The number of nitrogens with zero attached hydrogens (tertiary/aromatic N) is 3. The minimum atomic E-state index is -0.186. The Morgan fingerprint density at radius 1 is 1.60 bits per heavy atom. The molecule has 0 spiro atoms. The molecule has 1 atom stereocenters. The van der Waals surface area contributed by atoms with Gasteiger partial charge in [0.25, 0.3) is 0 Å². The van der Waals surface area contributed by atoms with E-state index in [9.17, 15) is 9.59 Å². The minimum Gasteiger partial charge on any atom is -0.337 e. The van der Waals surface area contributed by atoms with Gasteiger partial charge in [0.05, 0.1) is 11.7 Å². The SMILES string of the molecule is CCN1CN(C(=O)NCC(C)c2nc(C)cs2)CC1=O. The van der Waals surface area contributed by atoms with Gasteiger partial charge < -0.3 is 10.2 Å². The van der Waals surface area contributed by atoms with Crippen molar-refractivity contribution >= 4 is 23.3 Å². The number of urea groups is 1. The first kappa shape index (κ1) is 14.8. The number of nitrogens with one attached hydrogen (secondary N) is 1. The monoisotopic (exact) mass is 296 g/mol. The fraction of sp³-hybridized carbons (Fsp3) is 0.615. The molecule has 1 N–H and O–H groups in total. The molecule has 1 aromatic rings. The lowest BCUT2D eigenvalue weighted by Gasteiger charge is -2.18. The highest BCUT2D eigenvalue weighted by atomic mass is 32.1. The molecule has 110 valence electrons. The number of hydrogen-bond donors (Lipinski definition) is 1. The Morgan fingerprint density at radius 3 is 2.90 bits per heavy atom. The minimum absolute atomic E-state index is 0.00578. The zero-order valence-corrected chi connectivity index (χ0v) is 12.9. The molecule has 1 aliphatic heterocycles. The van der Waals surface area contributed by atoms with Gasteiger partial charge in [-0.1, -0.05) is 6.92 Å². The highest BCUT2D eigenvalue weighted by Crippen LogP contribution is 2.19. The molecule has 1 fully saturated rings. The summed E-state index contributed by atoms with van der Waals surface area (Å²) < 4.78 is 0. The first-order chi connectivity index (χ1) is 9.51.